The van der Waals surface area contributed by atoms with Crippen molar-refractivity contribution in [1.82, 2.24) is 10.2 Å². The third-order valence-corrected chi connectivity index (χ3v) is 5.96. The molecule has 1 aromatic rings. The Bertz CT molecular complexity index is 626. The number of ether oxygens (including phenoxy) is 2. The number of nitrogens with one attached hydrogen (secondary N) is 1. The lowest BCUT2D eigenvalue weighted by molar-refractivity contribution is -0.121. The summed E-state index contributed by atoms with van der Waals surface area (Å²) in [7, 11) is 0. The predicted molar refractivity (Wildman–Crippen MR) is 100 cm³/mol. The topological polar surface area (TPSA) is 50.8 Å². The van der Waals surface area contributed by atoms with Gasteiger partial charge in [-0.2, -0.15) is 0 Å². The van der Waals surface area contributed by atoms with Crippen molar-refractivity contribution in [2.75, 3.05) is 19.9 Å². The van der Waals surface area contributed by atoms with E-state index in [1.807, 2.05) is 18.2 Å². The second-order valence-corrected chi connectivity index (χ2v) is 7.91. The number of hydrogen-bond acceptors (Lipinski definition) is 4. The monoisotopic (exact) mass is 358 g/mol. The van der Waals surface area contributed by atoms with Crippen molar-refractivity contribution in [3.8, 4) is 11.5 Å². The molecule has 1 amide bonds. The Morgan fingerprint density at radius 1 is 1.04 bits per heavy atom. The fourth-order valence-electron chi connectivity index (χ4n) is 4.59. The molecule has 5 heteroatoms. The lowest BCUT2D eigenvalue weighted by atomic mass is 9.99. The molecule has 1 aliphatic carbocycles. The number of carbonyl (C=O) groups is 1. The number of likely N-dealkylation sites (tertiary alicyclic amines) is 1. The maximum atomic E-state index is 12.5. The molecule has 1 saturated carbocycles. The molecule has 1 saturated heterocycles. The average molecular weight is 358 g/mol. The lowest BCUT2D eigenvalue weighted by Gasteiger charge is -2.38. The van der Waals surface area contributed by atoms with Gasteiger partial charge in [-0.25, -0.2) is 0 Å². The summed E-state index contributed by atoms with van der Waals surface area (Å²) in [6.07, 6.45) is 10.8. The van der Waals surface area contributed by atoms with Crippen molar-refractivity contribution in [3.05, 3.63) is 23.8 Å². The maximum absolute atomic E-state index is 12.5. The fraction of sp³-hybridized carbons (Fsp3) is 0.667. The first-order valence-electron chi connectivity index (χ1n) is 10.2. The first-order valence-corrected chi connectivity index (χ1v) is 10.2. The normalized spacial score (nSPS) is 24.2. The lowest BCUT2D eigenvalue weighted by Crippen LogP contribution is -2.51. The Hall–Kier alpha value is -1.75. The second kappa shape index (κ2) is 8.30. The zero-order valence-electron chi connectivity index (χ0n) is 15.5. The van der Waals surface area contributed by atoms with Gasteiger partial charge in [0, 0.05) is 18.6 Å². The highest BCUT2D eigenvalue weighted by Gasteiger charge is 2.27. The van der Waals surface area contributed by atoms with Gasteiger partial charge in [-0.3, -0.25) is 9.69 Å². The van der Waals surface area contributed by atoms with Crippen LogP contribution in [-0.2, 0) is 11.2 Å². The van der Waals surface area contributed by atoms with Crippen LogP contribution in [0.1, 0.15) is 56.9 Å². The molecule has 4 rings (SSSR count). The van der Waals surface area contributed by atoms with Gasteiger partial charge in [-0.1, -0.05) is 31.7 Å². The molecule has 2 aliphatic heterocycles. The zero-order valence-corrected chi connectivity index (χ0v) is 15.5. The van der Waals surface area contributed by atoms with Gasteiger partial charge < -0.3 is 14.8 Å². The van der Waals surface area contributed by atoms with E-state index >= 15 is 0 Å². The van der Waals surface area contributed by atoms with E-state index in [0.29, 0.717) is 6.42 Å². The summed E-state index contributed by atoms with van der Waals surface area (Å²) in [5, 5.41) is 3.27. The first-order chi connectivity index (χ1) is 12.8. The highest BCUT2D eigenvalue weighted by molar-refractivity contribution is 5.79. The first kappa shape index (κ1) is 17.7. The van der Waals surface area contributed by atoms with Crippen LogP contribution in [0.2, 0.25) is 0 Å². The Kier molecular flexibility index (Phi) is 5.63. The van der Waals surface area contributed by atoms with Crippen LogP contribution in [0.5, 0.6) is 11.5 Å². The Balaban J connectivity index is 1.29. The summed E-state index contributed by atoms with van der Waals surface area (Å²) >= 11 is 0. The number of hydrogen-bond donors (Lipinski definition) is 1. The number of rotatable bonds is 4. The van der Waals surface area contributed by atoms with Gasteiger partial charge in [0.2, 0.25) is 12.7 Å². The second-order valence-electron chi connectivity index (χ2n) is 7.91. The molecule has 3 aliphatic rings. The van der Waals surface area contributed by atoms with E-state index in [1.165, 1.54) is 51.5 Å². The minimum absolute atomic E-state index is 0.108. The number of carbonyl (C=O) groups excluding carboxylic acids is 1. The summed E-state index contributed by atoms with van der Waals surface area (Å²) in [5.41, 5.74) is 0.975. The molecule has 0 bridgehead atoms. The number of amides is 1. The van der Waals surface area contributed by atoms with E-state index in [2.05, 4.69) is 10.2 Å². The molecule has 5 nitrogen and oxygen atoms in total. The van der Waals surface area contributed by atoms with Crippen molar-refractivity contribution in [3.63, 3.8) is 0 Å². The van der Waals surface area contributed by atoms with E-state index < -0.39 is 0 Å². The molecular formula is C21H30N2O3. The molecule has 1 aromatic carbocycles. The predicted octanol–water partition coefficient (Wildman–Crippen LogP) is 3.26. The molecule has 142 valence electrons. The Labute approximate surface area is 156 Å². The molecule has 2 heterocycles. The molecule has 0 radical (unpaired) electrons. The van der Waals surface area contributed by atoms with Crippen LogP contribution >= 0.6 is 0 Å². The largest absolute Gasteiger partial charge is 0.454 e. The van der Waals surface area contributed by atoms with E-state index in [-0.39, 0.29) is 18.7 Å². The van der Waals surface area contributed by atoms with Gasteiger partial charge in [-0.15, -0.1) is 0 Å². The molecule has 26 heavy (non-hydrogen) atoms. The molecule has 2 fully saturated rings. The van der Waals surface area contributed by atoms with Crippen molar-refractivity contribution >= 4 is 5.91 Å². The summed E-state index contributed by atoms with van der Waals surface area (Å²) in [6, 6.07) is 6.77. The molecule has 0 aromatic heterocycles. The smallest absolute Gasteiger partial charge is 0.231 e. The van der Waals surface area contributed by atoms with Crippen molar-refractivity contribution in [2.24, 2.45) is 0 Å². The van der Waals surface area contributed by atoms with Gasteiger partial charge in [-0.05, 0) is 49.9 Å². The highest BCUT2D eigenvalue weighted by Crippen LogP contribution is 2.32. The van der Waals surface area contributed by atoms with Crippen molar-refractivity contribution < 1.29 is 14.3 Å². The average Bonchev–Trinajstić information content (AvgIpc) is 2.93. The minimum Gasteiger partial charge on any atom is -0.454 e. The quantitative estimate of drug-likeness (QED) is 0.840. The molecule has 0 spiro atoms. The van der Waals surface area contributed by atoms with Crippen LogP contribution in [0.4, 0.5) is 0 Å². The van der Waals surface area contributed by atoms with Gasteiger partial charge >= 0.3 is 0 Å². The van der Waals surface area contributed by atoms with E-state index in [9.17, 15) is 4.79 Å². The van der Waals surface area contributed by atoms with Crippen molar-refractivity contribution in [1.29, 1.82) is 0 Å². The van der Waals surface area contributed by atoms with Crippen LogP contribution < -0.4 is 14.8 Å². The van der Waals surface area contributed by atoms with Crippen LogP contribution in [0.25, 0.3) is 0 Å². The zero-order chi connectivity index (χ0) is 17.8. The summed E-state index contributed by atoms with van der Waals surface area (Å²) in [4.78, 5) is 15.2. The van der Waals surface area contributed by atoms with Crippen molar-refractivity contribution in [2.45, 2.75) is 69.9 Å². The van der Waals surface area contributed by atoms with E-state index in [1.54, 1.807) is 0 Å². The standard InChI is InChI=1S/C21H30N2O3/c24-21(13-16-9-10-19-20(12-16)26-15-25-19)22-17-6-5-11-23(14-17)18-7-3-1-2-4-8-18/h9-10,12,17-18H,1-8,11,13-15H2,(H,22,24). The molecule has 1 unspecified atom stereocenters. The summed E-state index contributed by atoms with van der Waals surface area (Å²) < 4.78 is 10.7. The highest BCUT2D eigenvalue weighted by atomic mass is 16.7. The number of nitrogens with zero attached hydrogens (tertiary/aromatic N) is 1. The minimum atomic E-state index is 0.108. The van der Waals surface area contributed by atoms with Crippen LogP contribution in [0.15, 0.2) is 18.2 Å². The SMILES string of the molecule is O=C(Cc1ccc2c(c1)OCO2)NC1CCCN(C2CCCCCC2)C1. The molecule has 1 N–H and O–H groups in total. The van der Waals surface area contributed by atoms with Crippen LogP contribution in [-0.4, -0.2) is 42.8 Å². The van der Waals surface area contributed by atoms with Crippen LogP contribution in [0, 0.1) is 0 Å². The van der Waals surface area contributed by atoms with Gasteiger partial charge in [0.05, 0.1) is 6.42 Å². The Morgan fingerprint density at radius 3 is 2.69 bits per heavy atom. The summed E-state index contributed by atoms with van der Waals surface area (Å²) in [6.45, 7) is 2.47. The maximum Gasteiger partial charge on any atom is 0.231 e. The van der Waals surface area contributed by atoms with Gasteiger partial charge in [0.1, 0.15) is 0 Å². The number of piperidine rings is 1. The Morgan fingerprint density at radius 2 is 1.85 bits per heavy atom. The van der Waals surface area contributed by atoms with E-state index in [0.717, 1.165) is 36.1 Å². The van der Waals surface area contributed by atoms with Gasteiger partial charge in [0.25, 0.3) is 0 Å². The summed E-state index contributed by atoms with van der Waals surface area (Å²) in [5.74, 6) is 1.62. The number of benzene rings is 1. The molecular weight excluding hydrogens is 328 g/mol. The van der Waals surface area contributed by atoms with Crippen LogP contribution in [0.3, 0.4) is 0 Å². The number of fused-ring (bicyclic) bond motifs is 1. The third kappa shape index (κ3) is 4.32. The van der Waals surface area contributed by atoms with E-state index in [4.69, 9.17) is 9.47 Å². The van der Waals surface area contributed by atoms with Gasteiger partial charge in [0.15, 0.2) is 11.5 Å². The molecule has 1 atom stereocenters. The fourth-order valence-corrected chi connectivity index (χ4v) is 4.59. The third-order valence-electron chi connectivity index (χ3n) is 5.96.